The molecule has 0 saturated heterocycles. The number of fused-ring (bicyclic) bond motifs is 1. The lowest BCUT2D eigenvalue weighted by molar-refractivity contribution is 0.104. The van der Waals surface area contributed by atoms with Gasteiger partial charge in [0.05, 0.1) is 6.54 Å². The Morgan fingerprint density at radius 2 is 1.91 bits per heavy atom. The molecule has 0 N–H and O–H groups in total. The molecule has 0 bridgehead atoms. The average Bonchev–Trinajstić information content (AvgIpc) is 2.92. The predicted molar refractivity (Wildman–Crippen MR) is 95.3 cm³/mol. The summed E-state index contributed by atoms with van der Waals surface area (Å²) in [5.41, 5.74) is 3.91. The Morgan fingerprint density at radius 3 is 2.65 bits per heavy atom. The summed E-state index contributed by atoms with van der Waals surface area (Å²) in [6, 6.07) is 15.6. The number of nitrogens with zero attached hydrogens (tertiary/aromatic N) is 1. The highest BCUT2D eigenvalue weighted by molar-refractivity contribution is 6.07. The van der Waals surface area contributed by atoms with Crippen molar-refractivity contribution >= 4 is 22.8 Å². The van der Waals surface area contributed by atoms with E-state index in [1.165, 1.54) is 0 Å². The van der Waals surface area contributed by atoms with Crippen LogP contribution in [0.1, 0.15) is 21.5 Å². The molecular weight excluding hydrogens is 282 g/mol. The van der Waals surface area contributed by atoms with Gasteiger partial charge in [-0.1, -0.05) is 53.9 Å². The smallest absolute Gasteiger partial charge is 0.185 e. The Morgan fingerprint density at radius 1 is 1.17 bits per heavy atom. The maximum atomic E-state index is 12.3. The average molecular weight is 299 g/mol. The molecule has 0 amide bonds. The number of hydrogen-bond donors (Lipinski definition) is 0. The summed E-state index contributed by atoms with van der Waals surface area (Å²) in [5.74, 6) is 2.66. The van der Waals surface area contributed by atoms with Gasteiger partial charge in [0.25, 0.3) is 0 Å². The minimum Gasteiger partial charge on any atom is -0.335 e. The Labute approximate surface area is 136 Å². The molecule has 0 fully saturated rings. The summed E-state index contributed by atoms with van der Waals surface area (Å²) in [5, 5.41) is 1.09. The van der Waals surface area contributed by atoms with Gasteiger partial charge in [-0.3, -0.25) is 4.79 Å². The Kier molecular flexibility index (Phi) is 4.12. The molecule has 3 aromatic rings. The molecule has 2 heteroatoms. The van der Waals surface area contributed by atoms with Crippen molar-refractivity contribution in [1.29, 1.82) is 0 Å². The summed E-state index contributed by atoms with van der Waals surface area (Å²) in [6.45, 7) is 2.52. The molecule has 1 heterocycles. The molecule has 0 radical (unpaired) electrons. The quantitative estimate of drug-likeness (QED) is 0.395. The van der Waals surface area contributed by atoms with Crippen molar-refractivity contribution in [3.05, 3.63) is 77.5 Å². The van der Waals surface area contributed by atoms with Gasteiger partial charge in [0.1, 0.15) is 0 Å². The van der Waals surface area contributed by atoms with Crippen LogP contribution in [0.2, 0.25) is 0 Å². The third kappa shape index (κ3) is 3.09. The van der Waals surface area contributed by atoms with Crippen LogP contribution in [0.3, 0.4) is 0 Å². The first kappa shape index (κ1) is 14.9. The van der Waals surface area contributed by atoms with Gasteiger partial charge in [-0.05, 0) is 25.1 Å². The lowest BCUT2D eigenvalue weighted by atomic mass is 10.1. The highest BCUT2D eigenvalue weighted by Crippen LogP contribution is 2.22. The SMILES string of the molecule is C#CCn1cc(/C=C/C(=O)c2ccc(C)cc2)c2ccccc21. The fourth-order valence-corrected chi connectivity index (χ4v) is 2.62. The molecule has 0 unspecified atom stereocenters. The van der Waals surface area contributed by atoms with E-state index in [0.717, 1.165) is 22.0 Å². The number of para-hydroxylation sites is 1. The molecule has 3 rings (SSSR count). The fraction of sp³-hybridized carbons (Fsp3) is 0.0952. The second-order valence-electron chi connectivity index (χ2n) is 5.50. The predicted octanol–water partition coefficient (Wildman–Crippen LogP) is 4.48. The lowest BCUT2D eigenvalue weighted by Crippen LogP contribution is -1.93. The number of rotatable bonds is 4. The van der Waals surface area contributed by atoms with Crippen molar-refractivity contribution in [3.8, 4) is 12.3 Å². The summed E-state index contributed by atoms with van der Waals surface area (Å²) >= 11 is 0. The number of terminal acetylenes is 1. The van der Waals surface area contributed by atoms with Crippen LogP contribution < -0.4 is 0 Å². The van der Waals surface area contributed by atoms with Crippen LogP contribution in [0.5, 0.6) is 0 Å². The number of ketones is 1. The third-order valence-corrected chi connectivity index (χ3v) is 3.83. The molecule has 2 nitrogen and oxygen atoms in total. The van der Waals surface area contributed by atoms with Crippen molar-refractivity contribution in [3.63, 3.8) is 0 Å². The van der Waals surface area contributed by atoms with E-state index >= 15 is 0 Å². The van der Waals surface area contributed by atoms with Crippen molar-refractivity contribution in [1.82, 2.24) is 4.57 Å². The number of carbonyl (C=O) groups excluding carboxylic acids is 1. The summed E-state index contributed by atoms with van der Waals surface area (Å²) < 4.78 is 2.02. The maximum absolute atomic E-state index is 12.3. The van der Waals surface area contributed by atoms with Crippen LogP contribution >= 0.6 is 0 Å². The molecule has 2 aromatic carbocycles. The van der Waals surface area contributed by atoms with Crippen molar-refractivity contribution in [2.75, 3.05) is 0 Å². The topological polar surface area (TPSA) is 22.0 Å². The zero-order chi connectivity index (χ0) is 16.2. The zero-order valence-corrected chi connectivity index (χ0v) is 13.0. The second kappa shape index (κ2) is 6.37. The van der Waals surface area contributed by atoms with Gasteiger partial charge in [-0.25, -0.2) is 0 Å². The first-order valence-electron chi connectivity index (χ1n) is 7.49. The molecule has 0 aliphatic heterocycles. The molecule has 23 heavy (non-hydrogen) atoms. The van der Waals surface area contributed by atoms with Crippen LogP contribution in [0.4, 0.5) is 0 Å². The molecule has 0 atom stereocenters. The summed E-state index contributed by atoms with van der Waals surface area (Å²) in [4.78, 5) is 12.3. The monoisotopic (exact) mass is 299 g/mol. The highest BCUT2D eigenvalue weighted by Gasteiger charge is 2.06. The van der Waals surface area contributed by atoms with E-state index in [-0.39, 0.29) is 5.78 Å². The summed E-state index contributed by atoms with van der Waals surface area (Å²) in [7, 11) is 0. The number of benzene rings is 2. The molecule has 0 aliphatic carbocycles. The molecule has 1 aromatic heterocycles. The Balaban J connectivity index is 1.93. The number of hydrogen-bond acceptors (Lipinski definition) is 1. The largest absolute Gasteiger partial charge is 0.335 e. The van der Waals surface area contributed by atoms with E-state index in [4.69, 9.17) is 6.42 Å². The second-order valence-corrected chi connectivity index (χ2v) is 5.50. The van der Waals surface area contributed by atoms with Crippen molar-refractivity contribution < 1.29 is 4.79 Å². The first-order valence-corrected chi connectivity index (χ1v) is 7.49. The van der Waals surface area contributed by atoms with E-state index in [9.17, 15) is 4.79 Å². The van der Waals surface area contributed by atoms with Crippen molar-refractivity contribution in [2.24, 2.45) is 0 Å². The van der Waals surface area contributed by atoms with Gasteiger partial charge in [-0.15, -0.1) is 6.42 Å². The van der Waals surface area contributed by atoms with Crippen LogP contribution in [-0.2, 0) is 6.54 Å². The van der Waals surface area contributed by atoms with E-state index in [1.54, 1.807) is 6.08 Å². The maximum Gasteiger partial charge on any atom is 0.185 e. The summed E-state index contributed by atoms with van der Waals surface area (Å²) in [6.07, 6.45) is 10.9. The third-order valence-electron chi connectivity index (χ3n) is 3.83. The minimum absolute atomic E-state index is 0.00113. The van der Waals surface area contributed by atoms with Gasteiger partial charge in [-0.2, -0.15) is 0 Å². The number of carbonyl (C=O) groups is 1. The van der Waals surface area contributed by atoms with Gasteiger partial charge in [0.2, 0.25) is 0 Å². The van der Waals surface area contributed by atoms with Crippen LogP contribution in [0, 0.1) is 19.3 Å². The van der Waals surface area contributed by atoms with E-state index < -0.39 is 0 Å². The fourth-order valence-electron chi connectivity index (χ4n) is 2.62. The Hall–Kier alpha value is -3.05. The number of aryl methyl sites for hydroxylation is 1. The number of aromatic nitrogens is 1. The molecular formula is C21H17NO. The standard InChI is InChI=1S/C21H17NO/c1-3-14-22-15-18(19-6-4-5-7-20(19)22)12-13-21(23)17-10-8-16(2)9-11-17/h1,4-13,15H,14H2,2H3/b13-12+. The van der Waals surface area contributed by atoms with Gasteiger partial charge < -0.3 is 4.57 Å². The number of allylic oxidation sites excluding steroid dienone is 1. The van der Waals surface area contributed by atoms with E-state index in [2.05, 4.69) is 5.92 Å². The van der Waals surface area contributed by atoms with Gasteiger partial charge in [0.15, 0.2) is 5.78 Å². The lowest BCUT2D eigenvalue weighted by Gasteiger charge is -1.97. The van der Waals surface area contributed by atoms with Crippen LogP contribution in [0.15, 0.2) is 60.8 Å². The Bertz CT molecular complexity index is 921. The van der Waals surface area contributed by atoms with E-state index in [1.807, 2.05) is 72.3 Å². The van der Waals surface area contributed by atoms with Crippen molar-refractivity contribution in [2.45, 2.75) is 13.5 Å². The van der Waals surface area contributed by atoms with Gasteiger partial charge in [0, 0.05) is 28.2 Å². The van der Waals surface area contributed by atoms with E-state index in [0.29, 0.717) is 12.1 Å². The normalized spacial score (nSPS) is 11.0. The highest BCUT2D eigenvalue weighted by atomic mass is 16.1. The van der Waals surface area contributed by atoms with Crippen LogP contribution in [0.25, 0.3) is 17.0 Å². The molecule has 0 saturated carbocycles. The minimum atomic E-state index is -0.00113. The zero-order valence-electron chi connectivity index (χ0n) is 13.0. The van der Waals surface area contributed by atoms with Crippen LogP contribution in [-0.4, -0.2) is 10.4 Å². The van der Waals surface area contributed by atoms with Gasteiger partial charge >= 0.3 is 0 Å². The molecule has 0 spiro atoms. The molecule has 112 valence electrons. The first-order chi connectivity index (χ1) is 11.2. The molecule has 0 aliphatic rings.